The number of likely N-dealkylation sites (tertiary alicyclic amines) is 1. The molecule has 8 nitrogen and oxygen atoms in total. The number of hydrogen-bond donors (Lipinski definition) is 2. The Bertz CT molecular complexity index is 1360. The lowest BCUT2D eigenvalue weighted by Gasteiger charge is -2.31. The van der Waals surface area contributed by atoms with E-state index < -0.39 is 17.8 Å². The molecule has 42 heavy (non-hydrogen) atoms. The summed E-state index contributed by atoms with van der Waals surface area (Å²) in [5.41, 5.74) is 5.06. The molecular formula is C34H39NO7. The van der Waals surface area contributed by atoms with Crippen LogP contribution in [0.25, 0.3) is 11.6 Å². The third kappa shape index (κ3) is 6.35. The van der Waals surface area contributed by atoms with E-state index in [0.717, 1.165) is 27.8 Å². The molecule has 222 valence electrons. The van der Waals surface area contributed by atoms with Crippen LogP contribution in [0.15, 0.2) is 65.7 Å². The number of imide groups is 1. The van der Waals surface area contributed by atoms with Gasteiger partial charge in [0, 0.05) is 31.6 Å². The summed E-state index contributed by atoms with van der Waals surface area (Å²) in [6.45, 7) is 1.11. The van der Waals surface area contributed by atoms with Crippen LogP contribution in [0.1, 0.15) is 56.1 Å². The number of phenolic OH excluding ortho intramolecular Hbond substituents is 1. The number of unbranched alkanes of at least 4 members (excludes halogenated alkanes) is 2. The highest BCUT2D eigenvalue weighted by molar-refractivity contribution is 6.06. The van der Waals surface area contributed by atoms with Gasteiger partial charge in [-0.05, 0) is 66.5 Å². The van der Waals surface area contributed by atoms with Gasteiger partial charge in [0.15, 0.2) is 0 Å². The quantitative estimate of drug-likeness (QED) is 0.144. The van der Waals surface area contributed by atoms with E-state index in [-0.39, 0.29) is 36.0 Å². The zero-order valence-corrected chi connectivity index (χ0v) is 24.0. The van der Waals surface area contributed by atoms with Crippen molar-refractivity contribution in [2.75, 3.05) is 26.9 Å². The normalized spacial score (nSPS) is 23.8. The van der Waals surface area contributed by atoms with E-state index in [4.69, 9.17) is 14.6 Å². The van der Waals surface area contributed by atoms with Gasteiger partial charge in [-0.15, -0.1) is 0 Å². The predicted molar refractivity (Wildman–Crippen MR) is 158 cm³/mol. The first-order valence-corrected chi connectivity index (χ1v) is 14.8. The fourth-order valence-corrected chi connectivity index (χ4v) is 6.82. The lowest BCUT2D eigenvalue weighted by Crippen LogP contribution is -2.35. The van der Waals surface area contributed by atoms with Gasteiger partial charge in [0.1, 0.15) is 5.75 Å². The number of aromatic hydroxyl groups is 1. The van der Waals surface area contributed by atoms with E-state index >= 15 is 0 Å². The molecule has 2 heterocycles. The molecule has 3 aliphatic rings. The topological polar surface area (TPSA) is 113 Å². The minimum absolute atomic E-state index is 0.0925. The van der Waals surface area contributed by atoms with Crippen molar-refractivity contribution in [1.82, 2.24) is 4.90 Å². The standard InChI is InChI=1S/C34H39NO7/c1-41-20-25-19-26-32(34(40)35(33(26)39)17-9-3-6-14-30(37)38)27-21-42-29(31(25)27)16-15-23(22-10-4-2-5-11-22)18-24-12-7-8-13-28(24)36/h2,4-5,7-8,10-13,18,26-27,29,32,36H,3,6,9,14-17,19-21H2,1H3,(H,37,38)/b23-18-/t26-,27+,29-,32-/m1/s1. The Morgan fingerprint density at radius 1 is 1.00 bits per heavy atom. The van der Waals surface area contributed by atoms with Crippen molar-refractivity contribution >= 4 is 29.4 Å². The molecule has 2 fully saturated rings. The molecule has 0 aromatic heterocycles. The molecule has 2 N–H and O–H groups in total. The van der Waals surface area contributed by atoms with Gasteiger partial charge >= 0.3 is 5.97 Å². The average molecular weight is 574 g/mol. The SMILES string of the molecule is COCC1=C2[C@@H](CC/C(=C/c3ccccc3O)c3ccccc3)OC[C@@H]2[C@@H]2C(=O)N(CCCCCC(=O)O)C(=O)[C@@H]2C1. The molecule has 0 saturated carbocycles. The fraction of sp³-hybridized carbons (Fsp3) is 0.441. The third-order valence-electron chi connectivity index (χ3n) is 8.78. The monoisotopic (exact) mass is 573 g/mol. The number of hydrogen-bond acceptors (Lipinski definition) is 6. The molecule has 0 unspecified atom stereocenters. The number of carboxylic acid groups (broad SMARTS) is 1. The van der Waals surface area contributed by atoms with E-state index in [1.165, 1.54) is 4.90 Å². The Labute approximate surface area is 246 Å². The second-order valence-electron chi connectivity index (χ2n) is 11.4. The largest absolute Gasteiger partial charge is 0.507 e. The summed E-state index contributed by atoms with van der Waals surface area (Å²) in [5, 5.41) is 19.3. The molecule has 4 atom stereocenters. The van der Waals surface area contributed by atoms with Gasteiger partial charge < -0.3 is 19.7 Å². The first-order valence-electron chi connectivity index (χ1n) is 14.8. The van der Waals surface area contributed by atoms with E-state index in [1.807, 2.05) is 36.4 Å². The van der Waals surface area contributed by atoms with Gasteiger partial charge in [-0.3, -0.25) is 19.3 Å². The zero-order valence-electron chi connectivity index (χ0n) is 24.0. The Balaban J connectivity index is 1.33. The zero-order chi connectivity index (χ0) is 29.6. The highest BCUT2D eigenvalue weighted by Crippen LogP contribution is 2.50. The first kappa shape index (κ1) is 29.7. The van der Waals surface area contributed by atoms with Crippen molar-refractivity contribution in [3.63, 3.8) is 0 Å². The summed E-state index contributed by atoms with van der Waals surface area (Å²) in [6.07, 6.45) is 5.59. The van der Waals surface area contributed by atoms with Crippen LogP contribution in [-0.4, -0.2) is 65.9 Å². The van der Waals surface area contributed by atoms with Gasteiger partial charge in [-0.2, -0.15) is 0 Å². The summed E-state index contributed by atoms with van der Waals surface area (Å²) in [5.74, 6) is -1.86. The first-order chi connectivity index (χ1) is 20.4. The van der Waals surface area contributed by atoms with Crippen molar-refractivity contribution in [2.24, 2.45) is 17.8 Å². The Morgan fingerprint density at radius 2 is 1.76 bits per heavy atom. The Morgan fingerprint density at radius 3 is 2.50 bits per heavy atom. The summed E-state index contributed by atoms with van der Waals surface area (Å²) < 4.78 is 11.9. The number of aliphatic carboxylic acids is 1. The highest BCUT2D eigenvalue weighted by Gasteiger charge is 2.56. The van der Waals surface area contributed by atoms with E-state index in [0.29, 0.717) is 58.3 Å². The second-order valence-corrected chi connectivity index (χ2v) is 11.4. The number of amides is 2. The van der Waals surface area contributed by atoms with E-state index in [2.05, 4.69) is 12.1 Å². The average Bonchev–Trinajstić information content (AvgIpc) is 3.51. The molecule has 2 amide bonds. The molecule has 2 aromatic carbocycles. The number of allylic oxidation sites excluding steroid dienone is 1. The summed E-state index contributed by atoms with van der Waals surface area (Å²) in [4.78, 5) is 39.2. The molecule has 0 spiro atoms. The number of para-hydroxylation sites is 1. The number of phenols is 1. The van der Waals surface area contributed by atoms with Crippen LogP contribution in [0.4, 0.5) is 0 Å². The summed E-state index contributed by atoms with van der Waals surface area (Å²) in [7, 11) is 1.65. The van der Waals surface area contributed by atoms with Crippen molar-refractivity contribution in [1.29, 1.82) is 0 Å². The number of carbonyl (C=O) groups excluding carboxylic acids is 2. The number of rotatable bonds is 13. The van der Waals surface area contributed by atoms with Crippen LogP contribution in [0.5, 0.6) is 5.75 Å². The Hall–Kier alpha value is -3.75. The molecule has 1 aliphatic carbocycles. The van der Waals surface area contributed by atoms with Crippen molar-refractivity contribution in [3.8, 4) is 5.75 Å². The fourth-order valence-electron chi connectivity index (χ4n) is 6.82. The van der Waals surface area contributed by atoms with Crippen LogP contribution >= 0.6 is 0 Å². The smallest absolute Gasteiger partial charge is 0.303 e. The lowest BCUT2D eigenvalue weighted by atomic mass is 9.69. The van der Waals surface area contributed by atoms with Gasteiger partial charge in [0.05, 0.1) is 31.2 Å². The predicted octanol–water partition coefficient (Wildman–Crippen LogP) is 5.32. The van der Waals surface area contributed by atoms with Gasteiger partial charge in [-0.1, -0.05) is 55.0 Å². The van der Waals surface area contributed by atoms with E-state index in [9.17, 15) is 19.5 Å². The maximum atomic E-state index is 13.6. The van der Waals surface area contributed by atoms with E-state index in [1.54, 1.807) is 19.2 Å². The highest BCUT2D eigenvalue weighted by atomic mass is 16.5. The number of nitrogens with zero attached hydrogens (tertiary/aromatic N) is 1. The van der Waals surface area contributed by atoms with Gasteiger partial charge in [0.2, 0.25) is 11.8 Å². The molecule has 0 radical (unpaired) electrons. The molecule has 5 rings (SSSR count). The van der Waals surface area contributed by atoms with Crippen LogP contribution in [-0.2, 0) is 23.9 Å². The van der Waals surface area contributed by atoms with Crippen LogP contribution < -0.4 is 0 Å². The van der Waals surface area contributed by atoms with Crippen LogP contribution in [0.2, 0.25) is 0 Å². The second kappa shape index (κ2) is 13.5. The number of fused-ring (bicyclic) bond motifs is 3. The third-order valence-corrected chi connectivity index (χ3v) is 8.78. The molecule has 2 aliphatic heterocycles. The number of carbonyl (C=O) groups is 3. The maximum absolute atomic E-state index is 13.6. The number of carboxylic acids is 1. The molecule has 2 aromatic rings. The number of methoxy groups -OCH3 is 1. The number of benzene rings is 2. The van der Waals surface area contributed by atoms with Crippen molar-refractivity contribution in [3.05, 3.63) is 76.9 Å². The molecule has 0 bridgehead atoms. The molecule has 8 heteroatoms. The maximum Gasteiger partial charge on any atom is 0.303 e. The van der Waals surface area contributed by atoms with Crippen LogP contribution in [0.3, 0.4) is 0 Å². The summed E-state index contributed by atoms with van der Waals surface area (Å²) in [6, 6.07) is 17.4. The van der Waals surface area contributed by atoms with Gasteiger partial charge in [0.25, 0.3) is 0 Å². The number of ether oxygens (including phenoxy) is 2. The lowest BCUT2D eigenvalue weighted by molar-refractivity contribution is -0.141. The van der Waals surface area contributed by atoms with Crippen molar-refractivity contribution in [2.45, 2.75) is 51.0 Å². The summed E-state index contributed by atoms with van der Waals surface area (Å²) >= 11 is 0. The van der Waals surface area contributed by atoms with Gasteiger partial charge in [-0.25, -0.2) is 0 Å². The minimum Gasteiger partial charge on any atom is -0.507 e. The Kier molecular flexibility index (Phi) is 9.55. The molecular weight excluding hydrogens is 534 g/mol. The van der Waals surface area contributed by atoms with Crippen LogP contribution in [0, 0.1) is 17.8 Å². The van der Waals surface area contributed by atoms with Crippen molar-refractivity contribution < 1.29 is 34.1 Å². The molecule has 2 saturated heterocycles. The minimum atomic E-state index is -0.834.